The van der Waals surface area contributed by atoms with Crippen LogP contribution in [0, 0.1) is 34.5 Å². The second-order valence-electron chi connectivity index (χ2n) is 12.2. The van der Waals surface area contributed by atoms with Crippen molar-refractivity contribution in [2.24, 2.45) is 34.5 Å². The van der Waals surface area contributed by atoms with Crippen LogP contribution < -0.4 is 0 Å². The molecule has 1 saturated heterocycles. The van der Waals surface area contributed by atoms with Gasteiger partial charge in [-0.2, -0.15) is 0 Å². The van der Waals surface area contributed by atoms with Crippen molar-refractivity contribution in [3.63, 3.8) is 0 Å². The first-order valence-corrected chi connectivity index (χ1v) is 14.0. The summed E-state index contributed by atoms with van der Waals surface area (Å²) in [6, 6.07) is 0. The third-order valence-corrected chi connectivity index (χ3v) is 10.8. The molecule has 3 nitrogen and oxygen atoms in total. The maximum atomic E-state index is 10.8. The van der Waals surface area contributed by atoms with Crippen LogP contribution in [0.1, 0.15) is 111 Å². The van der Waals surface area contributed by atoms with Gasteiger partial charge >= 0.3 is 0 Å². The van der Waals surface area contributed by atoms with Crippen LogP contribution >= 0.6 is 0 Å². The van der Waals surface area contributed by atoms with E-state index in [4.69, 9.17) is 4.74 Å². The monoisotopic (exact) mass is 446 g/mol. The number of aliphatic hydroxyl groups excluding tert-OH is 1. The average Bonchev–Trinajstić information content (AvgIpc) is 3.12. The van der Waals surface area contributed by atoms with E-state index in [1.54, 1.807) is 5.57 Å². The second-order valence-corrected chi connectivity index (χ2v) is 12.2. The Hall–Kier alpha value is -0.380. The van der Waals surface area contributed by atoms with Gasteiger partial charge in [-0.25, -0.2) is 0 Å². The first kappa shape index (κ1) is 24.7. The molecule has 184 valence electrons. The predicted molar refractivity (Wildman–Crippen MR) is 131 cm³/mol. The largest absolute Gasteiger partial charge is 0.393 e. The number of ether oxygens (including phenoxy) is 1. The SMILES string of the molecule is CC.CC12CCC(O)CC1=CCC1C2CCC2(C)C(CCCC3(O)CCCOC3)CCC12. The van der Waals surface area contributed by atoms with Gasteiger partial charge in [0.05, 0.1) is 18.3 Å². The average molecular weight is 447 g/mol. The van der Waals surface area contributed by atoms with Crippen LogP contribution in [0.2, 0.25) is 0 Å². The van der Waals surface area contributed by atoms with E-state index in [1.165, 1.54) is 44.9 Å². The molecule has 1 heterocycles. The molecule has 0 spiro atoms. The summed E-state index contributed by atoms with van der Waals surface area (Å²) in [4.78, 5) is 0. The van der Waals surface area contributed by atoms with Gasteiger partial charge in [-0.1, -0.05) is 45.8 Å². The van der Waals surface area contributed by atoms with Crippen molar-refractivity contribution in [2.75, 3.05) is 13.2 Å². The summed E-state index contributed by atoms with van der Waals surface area (Å²) >= 11 is 0. The molecule has 4 aliphatic carbocycles. The van der Waals surface area contributed by atoms with E-state index in [-0.39, 0.29) is 6.10 Å². The van der Waals surface area contributed by atoms with Crippen molar-refractivity contribution in [3.8, 4) is 0 Å². The number of hydrogen-bond donors (Lipinski definition) is 2. The van der Waals surface area contributed by atoms with Crippen molar-refractivity contribution in [1.82, 2.24) is 0 Å². The molecule has 0 bridgehead atoms. The Morgan fingerprint density at radius 1 is 1.03 bits per heavy atom. The Kier molecular flexibility index (Phi) is 7.50. The first-order valence-electron chi connectivity index (χ1n) is 14.0. The summed E-state index contributed by atoms with van der Waals surface area (Å²) in [6.45, 7) is 10.5. The van der Waals surface area contributed by atoms with E-state index in [2.05, 4.69) is 19.9 Å². The zero-order chi connectivity index (χ0) is 23.0. The van der Waals surface area contributed by atoms with Gasteiger partial charge in [-0.05, 0) is 112 Å². The highest BCUT2D eigenvalue weighted by atomic mass is 16.5. The summed E-state index contributed by atoms with van der Waals surface area (Å²) in [5, 5.41) is 21.0. The van der Waals surface area contributed by atoms with Gasteiger partial charge in [0, 0.05) is 6.61 Å². The zero-order valence-electron chi connectivity index (χ0n) is 21.4. The molecular weight excluding hydrogens is 396 g/mol. The molecule has 0 aromatic carbocycles. The highest BCUT2D eigenvalue weighted by Crippen LogP contribution is 2.66. The van der Waals surface area contributed by atoms with E-state index in [0.717, 1.165) is 68.8 Å². The predicted octanol–water partition coefficient (Wildman–Crippen LogP) is 6.66. The molecule has 8 atom stereocenters. The van der Waals surface area contributed by atoms with Gasteiger partial charge in [0.25, 0.3) is 0 Å². The topological polar surface area (TPSA) is 49.7 Å². The minimum Gasteiger partial charge on any atom is -0.393 e. The van der Waals surface area contributed by atoms with Gasteiger partial charge in [-0.3, -0.25) is 0 Å². The smallest absolute Gasteiger partial charge is 0.0881 e. The molecule has 4 fully saturated rings. The van der Waals surface area contributed by atoms with E-state index < -0.39 is 5.60 Å². The zero-order valence-corrected chi connectivity index (χ0v) is 21.4. The van der Waals surface area contributed by atoms with E-state index in [9.17, 15) is 10.2 Å². The van der Waals surface area contributed by atoms with Crippen LogP contribution in [0.3, 0.4) is 0 Å². The second kappa shape index (κ2) is 9.70. The molecule has 5 aliphatic rings. The molecule has 2 N–H and O–H groups in total. The van der Waals surface area contributed by atoms with Crippen molar-refractivity contribution in [2.45, 2.75) is 123 Å². The molecule has 0 aromatic rings. The molecule has 5 rings (SSSR count). The minimum absolute atomic E-state index is 0.102. The summed E-state index contributed by atoms with van der Waals surface area (Å²) in [5.74, 6) is 3.40. The molecule has 0 radical (unpaired) electrons. The van der Waals surface area contributed by atoms with Crippen LogP contribution in [0.25, 0.3) is 0 Å². The Labute approximate surface area is 197 Å². The van der Waals surface area contributed by atoms with Crippen LogP contribution in [-0.2, 0) is 4.74 Å². The van der Waals surface area contributed by atoms with Crippen molar-refractivity contribution < 1.29 is 14.9 Å². The molecule has 0 amide bonds. The number of rotatable bonds is 4. The third-order valence-electron chi connectivity index (χ3n) is 10.8. The van der Waals surface area contributed by atoms with Crippen LogP contribution in [0.4, 0.5) is 0 Å². The lowest BCUT2D eigenvalue weighted by Gasteiger charge is -2.58. The van der Waals surface area contributed by atoms with Gasteiger partial charge in [0.15, 0.2) is 0 Å². The Morgan fingerprint density at radius 3 is 2.59 bits per heavy atom. The van der Waals surface area contributed by atoms with E-state index >= 15 is 0 Å². The fourth-order valence-corrected chi connectivity index (χ4v) is 8.94. The Morgan fingerprint density at radius 2 is 1.84 bits per heavy atom. The van der Waals surface area contributed by atoms with Gasteiger partial charge < -0.3 is 14.9 Å². The highest BCUT2D eigenvalue weighted by Gasteiger charge is 2.58. The quantitative estimate of drug-likeness (QED) is 0.474. The normalized spacial score (nSPS) is 47.9. The first-order chi connectivity index (χ1) is 15.3. The Bertz CT molecular complexity index is 665. The van der Waals surface area contributed by atoms with Gasteiger partial charge in [-0.15, -0.1) is 0 Å². The molecule has 3 heteroatoms. The maximum Gasteiger partial charge on any atom is 0.0881 e. The van der Waals surface area contributed by atoms with E-state index in [1.807, 2.05) is 13.8 Å². The maximum absolute atomic E-state index is 10.8. The van der Waals surface area contributed by atoms with Crippen molar-refractivity contribution in [3.05, 3.63) is 11.6 Å². The standard InChI is InChI=1S/C27H44O3.C2H6/c1-25-15-11-24-22(8-6-20-17-21(28)10-14-26(20,24)2)23(25)9-7-19(25)5-3-12-27(29)13-4-16-30-18-27;1-2/h6,19,21-24,28-29H,3-5,7-18H2,1-2H3;1-2H3. The van der Waals surface area contributed by atoms with E-state index in [0.29, 0.717) is 17.4 Å². The minimum atomic E-state index is -0.556. The lowest BCUT2D eigenvalue weighted by atomic mass is 9.47. The van der Waals surface area contributed by atoms with Gasteiger partial charge in [0.2, 0.25) is 0 Å². The molecule has 3 saturated carbocycles. The molecule has 0 aromatic heterocycles. The lowest BCUT2D eigenvalue weighted by Crippen LogP contribution is -2.50. The summed E-state index contributed by atoms with van der Waals surface area (Å²) in [6.07, 6.45) is 17.7. The number of fused-ring (bicyclic) bond motifs is 5. The summed E-state index contributed by atoms with van der Waals surface area (Å²) < 4.78 is 5.56. The van der Waals surface area contributed by atoms with Crippen LogP contribution in [-0.4, -0.2) is 35.1 Å². The van der Waals surface area contributed by atoms with Crippen LogP contribution in [0.5, 0.6) is 0 Å². The third kappa shape index (κ3) is 4.36. The lowest BCUT2D eigenvalue weighted by molar-refractivity contribution is -0.0923. The fraction of sp³-hybridized carbons (Fsp3) is 0.931. The fourth-order valence-electron chi connectivity index (χ4n) is 8.94. The van der Waals surface area contributed by atoms with Crippen molar-refractivity contribution in [1.29, 1.82) is 0 Å². The number of aliphatic hydroxyl groups is 2. The molecule has 8 unspecified atom stereocenters. The van der Waals surface area contributed by atoms with Crippen molar-refractivity contribution >= 4 is 0 Å². The number of allylic oxidation sites excluding steroid dienone is 1. The molecular formula is C29H50O3. The van der Waals surface area contributed by atoms with Gasteiger partial charge in [0.1, 0.15) is 0 Å². The van der Waals surface area contributed by atoms with Crippen LogP contribution in [0.15, 0.2) is 11.6 Å². The molecule has 32 heavy (non-hydrogen) atoms. The molecule has 1 aliphatic heterocycles. The Balaban J connectivity index is 0.00000119. The highest BCUT2D eigenvalue weighted by molar-refractivity contribution is 5.25. The summed E-state index contributed by atoms with van der Waals surface area (Å²) in [5.41, 5.74) is 1.89. The summed E-state index contributed by atoms with van der Waals surface area (Å²) in [7, 11) is 0. The number of hydrogen-bond acceptors (Lipinski definition) is 3.